The minimum atomic E-state index is -2.87. The molecule has 0 fully saturated rings. The van der Waals surface area contributed by atoms with Crippen LogP contribution in [0.25, 0.3) is 0 Å². The Labute approximate surface area is 91.7 Å². The lowest BCUT2D eigenvalue weighted by molar-refractivity contribution is -0.136. The average molecular weight is 282 g/mol. The van der Waals surface area contributed by atoms with E-state index in [1.807, 2.05) is 0 Å². The third-order valence-corrected chi connectivity index (χ3v) is 2.21. The summed E-state index contributed by atoms with van der Waals surface area (Å²) in [5.74, 6) is -1.71. The van der Waals surface area contributed by atoms with Crippen LogP contribution in [-0.2, 0) is 11.2 Å². The first-order valence-corrected chi connectivity index (χ1v) is 4.59. The standard InChI is InChI=1S/C8H6BrF2NO3/c9-7-5(13)1-3(8(10)11)4(12-7)2-6(14)15/h1,8,13H,2H2,(H,14,15). The molecular formula is C8H6BrF2NO3. The van der Waals surface area contributed by atoms with Crippen molar-refractivity contribution in [1.29, 1.82) is 0 Å². The van der Waals surface area contributed by atoms with Gasteiger partial charge in [0.25, 0.3) is 6.43 Å². The molecule has 82 valence electrons. The van der Waals surface area contributed by atoms with Crippen molar-refractivity contribution < 1.29 is 23.8 Å². The molecule has 2 N–H and O–H groups in total. The third-order valence-electron chi connectivity index (χ3n) is 1.62. The first-order valence-electron chi connectivity index (χ1n) is 3.80. The van der Waals surface area contributed by atoms with Crippen LogP contribution >= 0.6 is 15.9 Å². The van der Waals surface area contributed by atoms with Crippen molar-refractivity contribution in [2.75, 3.05) is 0 Å². The van der Waals surface area contributed by atoms with E-state index in [-0.39, 0.29) is 10.3 Å². The molecule has 0 unspecified atom stereocenters. The molecular weight excluding hydrogens is 276 g/mol. The molecule has 0 aromatic carbocycles. The zero-order valence-electron chi connectivity index (χ0n) is 7.25. The number of rotatable bonds is 3. The second-order valence-electron chi connectivity index (χ2n) is 2.71. The van der Waals surface area contributed by atoms with E-state index in [4.69, 9.17) is 10.2 Å². The number of carboxylic acid groups (broad SMARTS) is 1. The zero-order valence-corrected chi connectivity index (χ0v) is 8.83. The highest BCUT2D eigenvalue weighted by Gasteiger charge is 2.19. The molecule has 15 heavy (non-hydrogen) atoms. The monoisotopic (exact) mass is 281 g/mol. The van der Waals surface area contributed by atoms with Crippen molar-refractivity contribution >= 4 is 21.9 Å². The number of carbonyl (C=O) groups is 1. The fraction of sp³-hybridized carbons (Fsp3) is 0.250. The van der Waals surface area contributed by atoms with Gasteiger partial charge in [0.05, 0.1) is 12.1 Å². The van der Waals surface area contributed by atoms with Crippen LogP contribution in [0, 0.1) is 0 Å². The van der Waals surface area contributed by atoms with Gasteiger partial charge < -0.3 is 10.2 Å². The number of carboxylic acids is 1. The summed E-state index contributed by atoms with van der Waals surface area (Å²) in [6.45, 7) is 0. The highest BCUT2D eigenvalue weighted by molar-refractivity contribution is 9.10. The maximum Gasteiger partial charge on any atom is 0.309 e. The summed E-state index contributed by atoms with van der Waals surface area (Å²) in [6, 6.07) is 0.806. The lowest BCUT2D eigenvalue weighted by Crippen LogP contribution is -2.07. The van der Waals surface area contributed by atoms with Crippen LogP contribution in [0.15, 0.2) is 10.7 Å². The smallest absolute Gasteiger partial charge is 0.309 e. The first-order chi connectivity index (χ1) is 6.91. The van der Waals surface area contributed by atoms with Crippen molar-refractivity contribution in [3.05, 3.63) is 21.9 Å². The van der Waals surface area contributed by atoms with E-state index in [0.29, 0.717) is 0 Å². The van der Waals surface area contributed by atoms with Crippen LogP contribution in [0.3, 0.4) is 0 Å². The molecule has 0 bridgehead atoms. The fourth-order valence-corrected chi connectivity index (χ4v) is 1.33. The summed E-state index contributed by atoms with van der Waals surface area (Å²) >= 11 is 2.82. The molecule has 0 radical (unpaired) electrons. The summed E-state index contributed by atoms with van der Waals surface area (Å²) in [5.41, 5.74) is -0.833. The normalized spacial score (nSPS) is 10.7. The van der Waals surface area contributed by atoms with Gasteiger partial charge >= 0.3 is 5.97 Å². The predicted octanol–water partition coefficient (Wildman–Crippen LogP) is 2.11. The van der Waals surface area contributed by atoms with Gasteiger partial charge in [-0.15, -0.1) is 0 Å². The lowest BCUT2D eigenvalue weighted by Gasteiger charge is -2.07. The molecule has 1 rings (SSSR count). The Kier molecular flexibility index (Phi) is 3.57. The predicted molar refractivity (Wildman–Crippen MR) is 49.9 cm³/mol. The van der Waals surface area contributed by atoms with Crippen LogP contribution in [0.5, 0.6) is 5.75 Å². The Morgan fingerprint density at radius 3 is 2.67 bits per heavy atom. The van der Waals surface area contributed by atoms with Crippen molar-refractivity contribution in [1.82, 2.24) is 4.98 Å². The van der Waals surface area contributed by atoms with Crippen molar-refractivity contribution in [3.63, 3.8) is 0 Å². The van der Waals surface area contributed by atoms with Crippen LogP contribution in [0.4, 0.5) is 8.78 Å². The van der Waals surface area contributed by atoms with Crippen LogP contribution in [0.2, 0.25) is 0 Å². The van der Waals surface area contributed by atoms with Gasteiger partial charge in [-0.3, -0.25) is 4.79 Å². The molecule has 4 nitrogen and oxygen atoms in total. The van der Waals surface area contributed by atoms with E-state index in [9.17, 15) is 13.6 Å². The zero-order chi connectivity index (χ0) is 11.6. The third kappa shape index (κ3) is 2.85. The number of hydrogen-bond donors (Lipinski definition) is 2. The fourth-order valence-electron chi connectivity index (χ4n) is 1.00. The molecule has 0 atom stereocenters. The number of aliphatic carboxylic acids is 1. The topological polar surface area (TPSA) is 70.4 Å². The second kappa shape index (κ2) is 4.52. The van der Waals surface area contributed by atoms with E-state index in [2.05, 4.69) is 20.9 Å². The largest absolute Gasteiger partial charge is 0.505 e. The quantitative estimate of drug-likeness (QED) is 0.833. The molecule has 1 aromatic rings. The molecule has 0 aliphatic carbocycles. The van der Waals surface area contributed by atoms with Crippen molar-refractivity contribution in [3.8, 4) is 5.75 Å². The van der Waals surface area contributed by atoms with Gasteiger partial charge in [0.1, 0.15) is 10.4 Å². The summed E-state index contributed by atoms with van der Waals surface area (Å²) in [4.78, 5) is 13.9. The van der Waals surface area contributed by atoms with Crippen LogP contribution in [-0.4, -0.2) is 21.2 Å². The van der Waals surface area contributed by atoms with Gasteiger partial charge in [-0.05, 0) is 22.0 Å². The number of hydrogen-bond acceptors (Lipinski definition) is 3. The van der Waals surface area contributed by atoms with Crippen LogP contribution in [0.1, 0.15) is 17.7 Å². The molecule has 1 aromatic heterocycles. The van der Waals surface area contributed by atoms with Gasteiger partial charge in [0.15, 0.2) is 0 Å². The minimum Gasteiger partial charge on any atom is -0.505 e. The van der Waals surface area contributed by atoms with Gasteiger partial charge in [0, 0.05) is 5.56 Å². The van der Waals surface area contributed by atoms with Crippen LogP contribution < -0.4 is 0 Å². The van der Waals surface area contributed by atoms with E-state index in [1.165, 1.54) is 0 Å². The maximum absolute atomic E-state index is 12.4. The molecule has 0 amide bonds. The Bertz CT molecular complexity index is 398. The van der Waals surface area contributed by atoms with E-state index in [1.54, 1.807) is 0 Å². The number of aromatic nitrogens is 1. The summed E-state index contributed by atoms with van der Waals surface area (Å²) in [5, 5.41) is 17.6. The van der Waals surface area contributed by atoms with Crippen molar-refractivity contribution in [2.24, 2.45) is 0 Å². The molecule has 0 aliphatic rings. The Morgan fingerprint density at radius 1 is 1.60 bits per heavy atom. The second-order valence-corrected chi connectivity index (χ2v) is 3.46. The minimum absolute atomic E-state index is 0.0526. The number of halogens is 3. The number of pyridine rings is 1. The SMILES string of the molecule is O=C(O)Cc1nc(Br)c(O)cc1C(F)F. The Hall–Kier alpha value is -1.24. The number of nitrogens with zero attached hydrogens (tertiary/aromatic N) is 1. The first kappa shape index (κ1) is 11.8. The summed E-state index contributed by atoms with van der Waals surface area (Å²) in [6.07, 6.45) is -3.48. The van der Waals surface area contributed by atoms with Gasteiger partial charge in [-0.2, -0.15) is 0 Å². The van der Waals surface area contributed by atoms with Gasteiger partial charge in [-0.25, -0.2) is 13.8 Å². The van der Waals surface area contributed by atoms with E-state index >= 15 is 0 Å². The number of aromatic hydroxyl groups is 1. The molecule has 0 saturated carbocycles. The van der Waals surface area contributed by atoms with E-state index in [0.717, 1.165) is 6.07 Å². The highest BCUT2D eigenvalue weighted by atomic mass is 79.9. The number of alkyl halides is 2. The molecule has 0 aliphatic heterocycles. The maximum atomic E-state index is 12.4. The summed E-state index contributed by atoms with van der Waals surface area (Å²) in [7, 11) is 0. The van der Waals surface area contributed by atoms with Gasteiger partial charge in [0.2, 0.25) is 0 Å². The van der Waals surface area contributed by atoms with E-state index < -0.39 is 30.1 Å². The highest BCUT2D eigenvalue weighted by Crippen LogP contribution is 2.30. The molecule has 7 heteroatoms. The summed E-state index contributed by atoms with van der Waals surface area (Å²) < 4.78 is 24.8. The Morgan fingerprint density at radius 2 is 2.20 bits per heavy atom. The molecule has 0 spiro atoms. The van der Waals surface area contributed by atoms with Gasteiger partial charge in [-0.1, -0.05) is 0 Å². The van der Waals surface area contributed by atoms with Crippen molar-refractivity contribution in [2.45, 2.75) is 12.8 Å². The molecule has 0 saturated heterocycles. The average Bonchev–Trinajstić information content (AvgIpc) is 2.09. The molecule has 1 heterocycles. The lowest BCUT2D eigenvalue weighted by atomic mass is 10.1. The Balaban J connectivity index is 3.21.